The van der Waals surface area contributed by atoms with E-state index in [1.165, 1.54) is 11.1 Å². The third-order valence-corrected chi connectivity index (χ3v) is 4.18. The van der Waals surface area contributed by atoms with E-state index in [0.29, 0.717) is 12.0 Å². The van der Waals surface area contributed by atoms with E-state index in [4.69, 9.17) is 0 Å². The van der Waals surface area contributed by atoms with Crippen LogP contribution in [0.25, 0.3) is 11.3 Å². The Labute approximate surface area is 154 Å². The molecule has 0 fully saturated rings. The minimum Gasteiger partial charge on any atom is -0.352 e. The molecule has 0 unspecified atom stereocenters. The summed E-state index contributed by atoms with van der Waals surface area (Å²) in [7, 11) is 0. The summed E-state index contributed by atoms with van der Waals surface area (Å²) in [5.41, 5.74) is 5.33. The number of nitrogens with zero attached hydrogens (tertiary/aromatic N) is 3. The van der Waals surface area contributed by atoms with Crippen LogP contribution in [0.2, 0.25) is 0 Å². The Hall–Kier alpha value is -2.95. The van der Waals surface area contributed by atoms with E-state index in [0.717, 1.165) is 29.2 Å². The van der Waals surface area contributed by atoms with Crippen molar-refractivity contribution in [3.05, 3.63) is 59.9 Å². The van der Waals surface area contributed by atoms with Crippen molar-refractivity contribution in [2.45, 2.75) is 40.2 Å². The smallest absolute Gasteiger partial charge is 0.225 e. The van der Waals surface area contributed by atoms with Gasteiger partial charge in [-0.2, -0.15) is 4.98 Å². The van der Waals surface area contributed by atoms with Crippen LogP contribution in [0, 0.1) is 13.8 Å². The molecule has 2 N–H and O–H groups in total. The average molecular weight is 347 g/mol. The maximum Gasteiger partial charge on any atom is 0.225 e. The first-order valence-corrected chi connectivity index (χ1v) is 8.95. The molecule has 5 heteroatoms. The minimum absolute atomic E-state index is 0.303. The van der Waals surface area contributed by atoms with Gasteiger partial charge in [0.05, 0.1) is 5.69 Å². The van der Waals surface area contributed by atoms with Crippen molar-refractivity contribution in [1.82, 2.24) is 15.0 Å². The van der Waals surface area contributed by atoms with E-state index < -0.39 is 0 Å². The van der Waals surface area contributed by atoms with E-state index in [-0.39, 0.29) is 0 Å². The quantitative estimate of drug-likeness (QED) is 0.649. The second-order valence-electron chi connectivity index (χ2n) is 6.65. The molecule has 0 aliphatic carbocycles. The number of aryl methyl sites for hydroxylation is 2. The van der Waals surface area contributed by atoms with E-state index >= 15 is 0 Å². The van der Waals surface area contributed by atoms with Crippen molar-refractivity contribution in [2.75, 3.05) is 10.6 Å². The molecule has 5 nitrogen and oxygen atoms in total. The molecular formula is C21H25N5. The van der Waals surface area contributed by atoms with Crippen LogP contribution in [0.4, 0.5) is 17.5 Å². The third-order valence-electron chi connectivity index (χ3n) is 4.18. The van der Waals surface area contributed by atoms with Crippen LogP contribution < -0.4 is 10.6 Å². The van der Waals surface area contributed by atoms with Crippen molar-refractivity contribution in [3.8, 4) is 11.3 Å². The Morgan fingerprint density at radius 1 is 0.962 bits per heavy atom. The largest absolute Gasteiger partial charge is 0.352 e. The molecule has 0 amide bonds. The average Bonchev–Trinajstić information content (AvgIpc) is 2.61. The van der Waals surface area contributed by atoms with Gasteiger partial charge in [0, 0.05) is 35.8 Å². The summed E-state index contributed by atoms with van der Waals surface area (Å²) in [5.74, 6) is 1.39. The maximum atomic E-state index is 4.68. The summed E-state index contributed by atoms with van der Waals surface area (Å²) in [6.07, 6.45) is 4.55. The van der Waals surface area contributed by atoms with Gasteiger partial charge in [-0.05, 0) is 62.6 Å². The highest BCUT2D eigenvalue weighted by atomic mass is 15.2. The molecule has 134 valence electrons. The molecule has 0 radical (unpaired) electrons. The Kier molecular flexibility index (Phi) is 5.46. The zero-order chi connectivity index (χ0) is 18.5. The van der Waals surface area contributed by atoms with Gasteiger partial charge in [-0.25, -0.2) is 4.98 Å². The van der Waals surface area contributed by atoms with Gasteiger partial charge in [0.2, 0.25) is 5.95 Å². The summed E-state index contributed by atoms with van der Waals surface area (Å²) in [6, 6.07) is 12.6. The first-order chi connectivity index (χ1) is 12.5. The van der Waals surface area contributed by atoms with Crippen LogP contribution in [-0.2, 0) is 0 Å². The molecule has 3 aromatic rings. The zero-order valence-electron chi connectivity index (χ0n) is 15.7. The second-order valence-corrected chi connectivity index (χ2v) is 6.65. The Balaban J connectivity index is 1.98. The van der Waals surface area contributed by atoms with Crippen LogP contribution in [-0.4, -0.2) is 21.0 Å². The number of hydrogen-bond donors (Lipinski definition) is 2. The van der Waals surface area contributed by atoms with Gasteiger partial charge in [-0.15, -0.1) is 0 Å². The molecule has 1 aromatic carbocycles. The highest BCUT2D eigenvalue weighted by molar-refractivity contribution is 5.67. The lowest BCUT2D eigenvalue weighted by molar-refractivity contribution is 0.753. The van der Waals surface area contributed by atoms with Gasteiger partial charge in [-0.3, -0.25) is 4.98 Å². The number of anilines is 3. The number of hydrogen-bond acceptors (Lipinski definition) is 5. The van der Waals surface area contributed by atoms with Gasteiger partial charge in [0.25, 0.3) is 0 Å². The summed E-state index contributed by atoms with van der Waals surface area (Å²) >= 11 is 0. The molecule has 2 aromatic heterocycles. The molecule has 26 heavy (non-hydrogen) atoms. The van der Waals surface area contributed by atoms with Gasteiger partial charge >= 0.3 is 0 Å². The normalized spacial score (nSPS) is 11.8. The van der Waals surface area contributed by atoms with Crippen molar-refractivity contribution in [2.24, 2.45) is 0 Å². The molecule has 0 aliphatic heterocycles. The van der Waals surface area contributed by atoms with Crippen LogP contribution >= 0.6 is 0 Å². The topological polar surface area (TPSA) is 62.7 Å². The molecule has 1 atom stereocenters. The monoisotopic (exact) mass is 347 g/mol. The predicted octanol–water partition coefficient (Wildman–Crippen LogP) is 5.11. The third kappa shape index (κ3) is 4.57. The van der Waals surface area contributed by atoms with Crippen LogP contribution in [0.15, 0.2) is 48.8 Å². The number of aromatic nitrogens is 3. The highest BCUT2D eigenvalue weighted by Gasteiger charge is 2.09. The molecule has 2 heterocycles. The second kappa shape index (κ2) is 7.95. The fourth-order valence-electron chi connectivity index (χ4n) is 2.76. The van der Waals surface area contributed by atoms with Crippen molar-refractivity contribution in [3.63, 3.8) is 0 Å². The highest BCUT2D eigenvalue weighted by Crippen LogP contribution is 2.24. The Morgan fingerprint density at radius 2 is 1.65 bits per heavy atom. The number of rotatable bonds is 6. The minimum atomic E-state index is 0.303. The SMILES string of the molecule is CC[C@H](C)Nc1nc(Nc2cc(C)cc(C)c2)cc(-c2ccncc2)n1. The summed E-state index contributed by atoms with van der Waals surface area (Å²) in [6.45, 7) is 8.45. The molecule has 0 saturated heterocycles. The number of nitrogens with one attached hydrogen (secondary N) is 2. The van der Waals surface area contributed by atoms with Crippen molar-refractivity contribution in [1.29, 1.82) is 0 Å². The standard InChI is InChI=1S/C21H25N5/c1-5-16(4)23-21-25-19(17-6-8-22-9-7-17)13-20(26-21)24-18-11-14(2)10-15(3)12-18/h6-13,16H,5H2,1-4H3,(H2,23,24,25,26)/t16-/m0/s1. The fourth-order valence-corrected chi connectivity index (χ4v) is 2.76. The molecular weight excluding hydrogens is 322 g/mol. The first-order valence-electron chi connectivity index (χ1n) is 8.95. The summed E-state index contributed by atoms with van der Waals surface area (Å²) in [4.78, 5) is 13.4. The summed E-state index contributed by atoms with van der Waals surface area (Å²) in [5, 5.41) is 6.79. The number of benzene rings is 1. The molecule has 0 aliphatic rings. The molecule has 3 rings (SSSR count). The predicted molar refractivity (Wildman–Crippen MR) is 108 cm³/mol. The van der Waals surface area contributed by atoms with Crippen molar-refractivity contribution < 1.29 is 0 Å². The van der Waals surface area contributed by atoms with Gasteiger partial charge in [-0.1, -0.05) is 13.0 Å². The van der Waals surface area contributed by atoms with Gasteiger partial charge < -0.3 is 10.6 Å². The lowest BCUT2D eigenvalue weighted by atomic mass is 10.1. The van der Waals surface area contributed by atoms with Crippen LogP contribution in [0.3, 0.4) is 0 Å². The fraction of sp³-hybridized carbons (Fsp3) is 0.286. The lowest BCUT2D eigenvalue weighted by Gasteiger charge is -2.15. The van der Waals surface area contributed by atoms with Gasteiger partial charge in [0.15, 0.2) is 0 Å². The van der Waals surface area contributed by atoms with Crippen LogP contribution in [0.1, 0.15) is 31.4 Å². The Bertz CT molecular complexity index is 857. The van der Waals surface area contributed by atoms with E-state index in [1.54, 1.807) is 12.4 Å². The molecule has 0 spiro atoms. The lowest BCUT2D eigenvalue weighted by Crippen LogP contribution is -2.16. The van der Waals surface area contributed by atoms with E-state index in [9.17, 15) is 0 Å². The number of pyridine rings is 1. The van der Waals surface area contributed by atoms with E-state index in [2.05, 4.69) is 71.5 Å². The molecule has 0 bridgehead atoms. The summed E-state index contributed by atoms with van der Waals surface area (Å²) < 4.78 is 0. The van der Waals surface area contributed by atoms with E-state index in [1.807, 2.05) is 18.2 Å². The first kappa shape index (κ1) is 17.9. The zero-order valence-corrected chi connectivity index (χ0v) is 15.7. The molecule has 0 saturated carbocycles. The van der Waals surface area contributed by atoms with Crippen molar-refractivity contribution >= 4 is 17.5 Å². The van der Waals surface area contributed by atoms with Gasteiger partial charge in [0.1, 0.15) is 5.82 Å². The van der Waals surface area contributed by atoms with Crippen LogP contribution in [0.5, 0.6) is 0 Å². The maximum absolute atomic E-state index is 4.68. The Morgan fingerprint density at radius 3 is 2.31 bits per heavy atom.